The van der Waals surface area contributed by atoms with Gasteiger partial charge in [-0.2, -0.15) is 0 Å². The summed E-state index contributed by atoms with van der Waals surface area (Å²) in [6.07, 6.45) is 8.16. The number of allylic oxidation sites excluding steroid dienone is 2. The lowest BCUT2D eigenvalue weighted by molar-refractivity contribution is -0.384. The summed E-state index contributed by atoms with van der Waals surface area (Å²) < 4.78 is 0. The van der Waals surface area contributed by atoms with Crippen molar-refractivity contribution in [2.45, 2.75) is 19.3 Å². The molecule has 128 valence electrons. The molecular formula is C18H23N3O3. The Morgan fingerprint density at radius 3 is 2.42 bits per heavy atom. The Morgan fingerprint density at radius 1 is 1.12 bits per heavy atom. The number of amides is 1. The summed E-state index contributed by atoms with van der Waals surface area (Å²) in [4.78, 5) is 27.0. The van der Waals surface area contributed by atoms with Crippen LogP contribution in [-0.4, -0.2) is 53.4 Å². The fourth-order valence-electron chi connectivity index (χ4n) is 3.43. The van der Waals surface area contributed by atoms with Gasteiger partial charge in [0.1, 0.15) is 0 Å². The maximum atomic E-state index is 12.5. The van der Waals surface area contributed by atoms with E-state index >= 15 is 0 Å². The summed E-state index contributed by atoms with van der Waals surface area (Å²) in [5, 5.41) is 10.7. The molecule has 0 N–H and O–H groups in total. The van der Waals surface area contributed by atoms with Crippen molar-refractivity contribution in [1.29, 1.82) is 0 Å². The molecule has 6 nitrogen and oxygen atoms in total. The third kappa shape index (κ3) is 4.00. The molecule has 6 heteroatoms. The number of piperazine rings is 1. The Bertz CT molecular complexity index is 619. The molecule has 1 heterocycles. The molecule has 24 heavy (non-hydrogen) atoms. The smallest absolute Gasteiger partial charge is 0.269 e. The second-order valence-corrected chi connectivity index (χ2v) is 6.55. The Morgan fingerprint density at radius 2 is 1.83 bits per heavy atom. The van der Waals surface area contributed by atoms with Gasteiger partial charge in [-0.1, -0.05) is 12.2 Å². The molecule has 0 bridgehead atoms. The van der Waals surface area contributed by atoms with E-state index in [0.717, 1.165) is 38.6 Å². The highest BCUT2D eigenvalue weighted by Crippen LogP contribution is 2.20. The van der Waals surface area contributed by atoms with E-state index in [0.29, 0.717) is 5.56 Å². The van der Waals surface area contributed by atoms with Gasteiger partial charge in [-0.15, -0.1) is 0 Å². The summed E-state index contributed by atoms with van der Waals surface area (Å²) in [6.45, 7) is 4.36. The molecule has 1 aromatic carbocycles. The van der Waals surface area contributed by atoms with Crippen molar-refractivity contribution < 1.29 is 9.72 Å². The average molecular weight is 329 g/mol. The van der Waals surface area contributed by atoms with Gasteiger partial charge in [0.2, 0.25) is 0 Å². The van der Waals surface area contributed by atoms with Crippen molar-refractivity contribution in [3.63, 3.8) is 0 Å². The molecular weight excluding hydrogens is 306 g/mol. The lowest BCUT2D eigenvalue weighted by Crippen LogP contribution is -2.49. The largest absolute Gasteiger partial charge is 0.336 e. The van der Waals surface area contributed by atoms with E-state index in [1.807, 2.05) is 4.90 Å². The molecule has 0 aromatic heterocycles. The molecule has 0 saturated carbocycles. The lowest BCUT2D eigenvalue weighted by atomic mass is 9.94. The predicted molar refractivity (Wildman–Crippen MR) is 91.9 cm³/mol. The Hall–Kier alpha value is -2.21. The predicted octanol–water partition coefficient (Wildman–Crippen LogP) is 2.71. The van der Waals surface area contributed by atoms with Crippen LogP contribution in [0.3, 0.4) is 0 Å². The van der Waals surface area contributed by atoms with Crippen LogP contribution in [0.25, 0.3) is 0 Å². The first kappa shape index (κ1) is 16.6. The molecule has 2 aliphatic rings. The summed E-state index contributed by atoms with van der Waals surface area (Å²) in [5.41, 5.74) is 0.532. The molecule has 3 rings (SSSR count). The van der Waals surface area contributed by atoms with Crippen molar-refractivity contribution in [3.8, 4) is 0 Å². The number of nitro groups is 1. The minimum Gasteiger partial charge on any atom is -0.336 e. The topological polar surface area (TPSA) is 66.7 Å². The van der Waals surface area contributed by atoms with E-state index in [2.05, 4.69) is 17.1 Å². The molecule has 1 amide bonds. The molecule has 0 radical (unpaired) electrons. The number of benzene rings is 1. The normalized spacial score (nSPS) is 21.7. The van der Waals surface area contributed by atoms with Crippen LogP contribution in [0.5, 0.6) is 0 Å². The van der Waals surface area contributed by atoms with E-state index < -0.39 is 4.92 Å². The van der Waals surface area contributed by atoms with Gasteiger partial charge in [-0.3, -0.25) is 19.8 Å². The van der Waals surface area contributed by atoms with Gasteiger partial charge in [-0.25, -0.2) is 0 Å². The van der Waals surface area contributed by atoms with Crippen molar-refractivity contribution >= 4 is 11.6 Å². The zero-order valence-corrected chi connectivity index (χ0v) is 13.8. The average Bonchev–Trinajstić information content (AvgIpc) is 2.63. The number of nitro benzene ring substituents is 1. The van der Waals surface area contributed by atoms with Crippen LogP contribution in [0.2, 0.25) is 0 Å². The molecule has 1 atom stereocenters. The maximum absolute atomic E-state index is 12.5. The van der Waals surface area contributed by atoms with Crippen LogP contribution < -0.4 is 0 Å². The van der Waals surface area contributed by atoms with Gasteiger partial charge >= 0.3 is 0 Å². The van der Waals surface area contributed by atoms with Crippen LogP contribution in [0.4, 0.5) is 5.69 Å². The summed E-state index contributed by atoms with van der Waals surface area (Å²) in [5.74, 6) is 0.706. The summed E-state index contributed by atoms with van der Waals surface area (Å²) in [6, 6.07) is 5.86. The number of nitrogens with zero attached hydrogens (tertiary/aromatic N) is 3. The summed E-state index contributed by atoms with van der Waals surface area (Å²) >= 11 is 0. The van der Waals surface area contributed by atoms with Crippen molar-refractivity contribution in [1.82, 2.24) is 9.80 Å². The van der Waals surface area contributed by atoms with E-state index in [9.17, 15) is 14.9 Å². The number of hydrogen-bond donors (Lipinski definition) is 0. The molecule has 0 unspecified atom stereocenters. The van der Waals surface area contributed by atoms with Gasteiger partial charge in [0.05, 0.1) is 4.92 Å². The minimum atomic E-state index is -0.451. The number of rotatable bonds is 4. The molecule has 1 fully saturated rings. The van der Waals surface area contributed by atoms with Crippen molar-refractivity contribution in [2.24, 2.45) is 5.92 Å². The monoisotopic (exact) mass is 329 g/mol. The highest BCUT2D eigenvalue weighted by atomic mass is 16.6. The molecule has 0 spiro atoms. The highest BCUT2D eigenvalue weighted by Gasteiger charge is 2.24. The maximum Gasteiger partial charge on any atom is 0.269 e. The first-order valence-corrected chi connectivity index (χ1v) is 8.54. The van der Waals surface area contributed by atoms with Gasteiger partial charge < -0.3 is 4.90 Å². The van der Waals surface area contributed by atoms with E-state index in [-0.39, 0.29) is 11.6 Å². The zero-order valence-electron chi connectivity index (χ0n) is 13.8. The lowest BCUT2D eigenvalue weighted by Gasteiger charge is -2.36. The van der Waals surface area contributed by atoms with Gasteiger partial charge in [0, 0.05) is 50.4 Å². The molecule has 1 aliphatic carbocycles. The second-order valence-electron chi connectivity index (χ2n) is 6.55. The molecule has 1 saturated heterocycles. The van der Waals surface area contributed by atoms with Crippen molar-refractivity contribution in [3.05, 3.63) is 52.1 Å². The SMILES string of the molecule is O=C(c1ccc([N+](=O)[O-])cc1)N1CCN(C[C@@H]2CC=CCC2)CC1. The van der Waals surface area contributed by atoms with Gasteiger partial charge in [0.25, 0.3) is 11.6 Å². The second kappa shape index (κ2) is 7.57. The Kier molecular flexibility index (Phi) is 5.25. The van der Waals surface area contributed by atoms with Crippen LogP contribution in [0.1, 0.15) is 29.6 Å². The third-order valence-electron chi connectivity index (χ3n) is 4.88. The quantitative estimate of drug-likeness (QED) is 0.484. The van der Waals surface area contributed by atoms with E-state index in [1.165, 1.54) is 31.4 Å². The highest BCUT2D eigenvalue weighted by molar-refractivity contribution is 5.94. The van der Waals surface area contributed by atoms with E-state index in [1.54, 1.807) is 12.1 Å². The number of hydrogen-bond acceptors (Lipinski definition) is 4. The van der Waals surface area contributed by atoms with Gasteiger partial charge in [-0.05, 0) is 37.3 Å². The first-order chi connectivity index (χ1) is 11.6. The first-order valence-electron chi connectivity index (χ1n) is 8.54. The minimum absolute atomic E-state index is 0.0119. The standard InChI is InChI=1S/C18H23N3O3/c22-18(16-6-8-17(9-7-16)21(23)24)20-12-10-19(11-13-20)14-15-4-2-1-3-5-15/h1-2,6-9,15H,3-5,10-14H2/t15-/m1/s1. The number of carbonyl (C=O) groups is 1. The fraction of sp³-hybridized carbons (Fsp3) is 0.500. The van der Waals surface area contributed by atoms with Crippen LogP contribution >= 0.6 is 0 Å². The number of carbonyl (C=O) groups excluding carboxylic acids is 1. The Balaban J connectivity index is 1.51. The van der Waals surface area contributed by atoms with Crippen LogP contribution in [0.15, 0.2) is 36.4 Å². The Labute approximate surface area is 141 Å². The van der Waals surface area contributed by atoms with Crippen LogP contribution in [-0.2, 0) is 0 Å². The molecule has 1 aliphatic heterocycles. The fourth-order valence-corrected chi connectivity index (χ4v) is 3.43. The zero-order chi connectivity index (χ0) is 16.9. The molecule has 1 aromatic rings. The van der Waals surface area contributed by atoms with E-state index in [4.69, 9.17) is 0 Å². The van der Waals surface area contributed by atoms with Gasteiger partial charge in [0.15, 0.2) is 0 Å². The third-order valence-corrected chi connectivity index (χ3v) is 4.88. The summed E-state index contributed by atoms with van der Waals surface area (Å²) in [7, 11) is 0. The number of non-ortho nitro benzene ring substituents is 1. The van der Waals surface area contributed by atoms with Crippen molar-refractivity contribution in [2.75, 3.05) is 32.7 Å². The van der Waals surface area contributed by atoms with Crippen LogP contribution in [0, 0.1) is 16.0 Å².